The summed E-state index contributed by atoms with van der Waals surface area (Å²) in [6, 6.07) is 88.0. The molecule has 1 aliphatic rings. The van der Waals surface area contributed by atoms with Gasteiger partial charge in [0.25, 0.3) is 0 Å². The molecule has 0 spiro atoms. The summed E-state index contributed by atoms with van der Waals surface area (Å²) < 4.78 is 0. The number of hydrogen-bond donors (Lipinski definition) is 0. The van der Waals surface area contributed by atoms with Gasteiger partial charge in [-0.25, -0.2) is 0 Å². The van der Waals surface area contributed by atoms with Gasteiger partial charge in [0.2, 0.25) is 0 Å². The van der Waals surface area contributed by atoms with Crippen LogP contribution in [-0.4, -0.2) is 0 Å². The molecule has 0 heterocycles. The lowest BCUT2D eigenvalue weighted by Crippen LogP contribution is -2.29. The van der Waals surface area contributed by atoms with Crippen molar-refractivity contribution in [2.45, 2.75) is 53.9 Å². The van der Waals surface area contributed by atoms with E-state index >= 15 is 0 Å². The molecule has 11 rings (SSSR count). The Morgan fingerprint density at radius 3 is 1.24 bits per heavy atom. The van der Waals surface area contributed by atoms with E-state index in [1.165, 1.54) is 54.9 Å². The highest BCUT2D eigenvalue weighted by molar-refractivity contribution is 6.01. The van der Waals surface area contributed by atoms with Gasteiger partial charge < -0.3 is 9.80 Å². The van der Waals surface area contributed by atoms with E-state index in [1.54, 1.807) is 0 Å². The zero-order chi connectivity index (χ0) is 50.5. The van der Waals surface area contributed by atoms with Crippen molar-refractivity contribution in [1.29, 1.82) is 0 Å². The average molecular weight is 935 g/mol. The highest BCUT2D eigenvalue weighted by Gasteiger charge is 2.46. The molecule has 1 aliphatic carbocycles. The Bertz CT molecular complexity index is 3370. The Morgan fingerprint density at radius 1 is 0.389 bits per heavy atom. The van der Waals surface area contributed by atoms with Gasteiger partial charge in [0.05, 0.1) is 16.8 Å². The summed E-state index contributed by atoms with van der Waals surface area (Å²) >= 11 is 0. The van der Waals surface area contributed by atoms with Crippen molar-refractivity contribution in [3.05, 3.63) is 295 Å². The van der Waals surface area contributed by atoms with Crippen molar-refractivity contribution >= 4 is 61.2 Å². The second-order valence-electron chi connectivity index (χ2n) is 16.8. The summed E-state index contributed by atoms with van der Waals surface area (Å²) in [6.07, 6.45) is 6.47. The van der Waals surface area contributed by atoms with Crippen LogP contribution in [0.5, 0.6) is 0 Å². The van der Waals surface area contributed by atoms with Gasteiger partial charge in [-0.3, -0.25) is 0 Å². The number of para-hydroxylation sites is 1. The van der Waals surface area contributed by atoms with Crippen LogP contribution in [0.4, 0.5) is 34.1 Å². The molecule has 0 aromatic heterocycles. The zero-order valence-corrected chi connectivity index (χ0v) is 42.9. The van der Waals surface area contributed by atoms with Gasteiger partial charge in [0.1, 0.15) is 0 Å². The van der Waals surface area contributed by atoms with Crippen LogP contribution in [0.25, 0.3) is 38.2 Å². The number of nitrogens with zero attached hydrogens (tertiary/aromatic N) is 2. The summed E-state index contributed by atoms with van der Waals surface area (Å²) in [6.45, 7) is 18.6. The number of rotatable bonds is 11. The molecule has 72 heavy (non-hydrogen) atoms. The highest BCUT2D eigenvalue weighted by atomic mass is 15.1. The van der Waals surface area contributed by atoms with Gasteiger partial charge in [-0.2, -0.15) is 0 Å². The second-order valence-corrected chi connectivity index (χ2v) is 16.8. The first kappa shape index (κ1) is 49.9. The molecular formula is C70H66N2. The molecule has 0 unspecified atom stereocenters. The Morgan fingerprint density at radius 2 is 0.778 bits per heavy atom. The SMILES string of the molecule is C=CC1=C(/C=C\C)c2ccc(N(c3ccc(-c4ccc(N(c5ccccc5)c5cccc6ccccc56)cc4)cc3)c3cccc4ccccc34)cc2C1(c1ccccc1)c1ccccc1.CC.CC.CC. The Kier molecular flexibility index (Phi) is 16.3. The molecule has 2 heteroatoms. The molecule has 0 amide bonds. The van der Waals surface area contributed by atoms with E-state index in [1.807, 2.05) is 41.5 Å². The normalized spacial score (nSPS) is 12.2. The highest BCUT2D eigenvalue weighted by Crippen LogP contribution is 2.56. The van der Waals surface area contributed by atoms with Crippen LogP contribution < -0.4 is 9.80 Å². The molecule has 0 saturated carbocycles. The van der Waals surface area contributed by atoms with Gasteiger partial charge in [0.15, 0.2) is 0 Å². The van der Waals surface area contributed by atoms with Crippen LogP contribution in [0.1, 0.15) is 70.7 Å². The first-order valence-corrected chi connectivity index (χ1v) is 25.7. The molecule has 0 atom stereocenters. The van der Waals surface area contributed by atoms with E-state index in [0.29, 0.717) is 0 Å². The van der Waals surface area contributed by atoms with Gasteiger partial charge in [-0.05, 0) is 123 Å². The smallest absolute Gasteiger partial charge is 0.0714 e. The molecule has 0 aliphatic heterocycles. The van der Waals surface area contributed by atoms with E-state index < -0.39 is 5.41 Å². The van der Waals surface area contributed by atoms with E-state index in [-0.39, 0.29) is 0 Å². The van der Waals surface area contributed by atoms with Crippen LogP contribution in [0, 0.1) is 0 Å². The lowest BCUT2D eigenvalue weighted by atomic mass is 9.66. The first-order valence-electron chi connectivity index (χ1n) is 25.7. The van der Waals surface area contributed by atoms with E-state index in [4.69, 9.17) is 0 Å². The fraction of sp³-hybridized carbons (Fsp3) is 0.114. The van der Waals surface area contributed by atoms with Crippen LogP contribution in [0.15, 0.2) is 273 Å². The quantitative estimate of drug-likeness (QED) is 0.128. The number of fused-ring (bicyclic) bond motifs is 3. The summed E-state index contributed by atoms with van der Waals surface area (Å²) in [4.78, 5) is 4.78. The lowest BCUT2D eigenvalue weighted by molar-refractivity contribution is 0.762. The van der Waals surface area contributed by atoms with Crippen molar-refractivity contribution in [3.63, 3.8) is 0 Å². The minimum Gasteiger partial charge on any atom is -0.310 e. The monoisotopic (exact) mass is 935 g/mol. The number of benzene rings is 10. The Balaban J connectivity index is 0.00000112. The van der Waals surface area contributed by atoms with Crippen molar-refractivity contribution in [2.75, 3.05) is 9.80 Å². The van der Waals surface area contributed by atoms with E-state index in [0.717, 1.165) is 45.3 Å². The van der Waals surface area contributed by atoms with Crippen molar-refractivity contribution in [2.24, 2.45) is 0 Å². The third kappa shape index (κ3) is 9.32. The predicted octanol–water partition coefficient (Wildman–Crippen LogP) is 20.5. The average Bonchev–Trinajstić information content (AvgIpc) is 3.75. The molecule has 0 radical (unpaired) electrons. The predicted molar refractivity (Wildman–Crippen MR) is 315 cm³/mol. The van der Waals surface area contributed by atoms with Crippen molar-refractivity contribution < 1.29 is 0 Å². The van der Waals surface area contributed by atoms with E-state index in [9.17, 15) is 0 Å². The zero-order valence-electron chi connectivity index (χ0n) is 42.9. The minimum absolute atomic E-state index is 0.589. The molecular weight excluding hydrogens is 869 g/mol. The van der Waals surface area contributed by atoms with Gasteiger partial charge in [-0.1, -0.05) is 248 Å². The molecule has 0 bridgehead atoms. The van der Waals surface area contributed by atoms with Crippen molar-refractivity contribution in [3.8, 4) is 11.1 Å². The summed E-state index contributed by atoms with van der Waals surface area (Å²) in [7, 11) is 0. The molecule has 10 aromatic rings. The first-order chi connectivity index (χ1) is 35.7. The molecule has 2 nitrogen and oxygen atoms in total. The largest absolute Gasteiger partial charge is 0.310 e. The van der Waals surface area contributed by atoms with Crippen molar-refractivity contribution in [1.82, 2.24) is 0 Å². The maximum absolute atomic E-state index is 4.47. The third-order valence-corrected chi connectivity index (χ3v) is 13.2. The number of allylic oxidation sites excluding steroid dienone is 5. The fourth-order valence-corrected chi connectivity index (χ4v) is 10.3. The third-order valence-electron chi connectivity index (χ3n) is 13.2. The standard InChI is InChI=1S/C64H48N2.3C2H6/c1-3-20-58-59-44-43-55(45-61(59)64(60(58)4-2,50-25-8-5-9-26-50)51-27-10-6-11-28-51)66(63-34-19-24-49-22-15-17-32-57(49)63)54-41-37-47(38-42-54)46-35-39-53(40-36-46)65(52-29-12-7-13-30-52)62-33-18-23-48-21-14-16-31-56(48)62;3*1-2/h3-45H,2H2,1H3;3*1-2H3/b20-3-;;;. The fourth-order valence-electron chi connectivity index (χ4n) is 10.3. The van der Waals surface area contributed by atoms with Crippen LogP contribution in [0.3, 0.4) is 0 Å². The van der Waals surface area contributed by atoms with E-state index in [2.05, 4.69) is 284 Å². The maximum atomic E-state index is 4.47. The number of hydrogen-bond acceptors (Lipinski definition) is 2. The maximum Gasteiger partial charge on any atom is 0.0714 e. The second kappa shape index (κ2) is 23.4. The van der Waals surface area contributed by atoms with Gasteiger partial charge >= 0.3 is 0 Å². The van der Waals surface area contributed by atoms with Crippen LogP contribution in [0.2, 0.25) is 0 Å². The summed E-state index contributed by atoms with van der Waals surface area (Å²) in [5, 5.41) is 4.81. The Hall–Kier alpha value is -8.46. The van der Waals surface area contributed by atoms with Gasteiger partial charge in [-0.15, -0.1) is 0 Å². The number of anilines is 6. The Labute approximate surface area is 429 Å². The minimum atomic E-state index is -0.589. The molecule has 10 aromatic carbocycles. The molecule has 0 N–H and O–H groups in total. The lowest BCUT2D eigenvalue weighted by Gasteiger charge is -2.36. The van der Waals surface area contributed by atoms with Crippen LogP contribution in [-0.2, 0) is 5.41 Å². The summed E-state index contributed by atoms with van der Waals surface area (Å²) in [5.74, 6) is 0. The molecule has 0 saturated heterocycles. The summed E-state index contributed by atoms with van der Waals surface area (Å²) in [5.41, 5.74) is 15.6. The van der Waals surface area contributed by atoms with Gasteiger partial charge in [0, 0.05) is 33.5 Å². The molecule has 0 fully saturated rings. The van der Waals surface area contributed by atoms with Crippen LogP contribution >= 0.6 is 0 Å². The topological polar surface area (TPSA) is 6.48 Å². The molecule has 356 valence electrons.